The fraction of sp³-hybridized carbons (Fsp3) is 0.467. The first kappa shape index (κ1) is 13.0. The molecule has 3 atom stereocenters. The van der Waals surface area contributed by atoms with E-state index < -0.39 is 0 Å². The molecule has 0 aliphatic heterocycles. The smallest absolute Gasteiger partial charge is 0.296 e. The first-order chi connectivity index (χ1) is 9.69. The zero-order valence-corrected chi connectivity index (χ0v) is 11.4. The summed E-state index contributed by atoms with van der Waals surface area (Å²) in [5, 5.41) is 14.5. The zero-order chi connectivity index (χ0) is 14.1. The molecule has 0 radical (unpaired) electrons. The van der Waals surface area contributed by atoms with Gasteiger partial charge in [0.05, 0.1) is 17.6 Å². The molecule has 0 amide bonds. The van der Waals surface area contributed by atoms with E-state index in [2.05, 4.69) is 17.5 Å². The van der Waals surface area contributed by atoms with Gasteiger partial charge in [0.2, 0.25) is 0 Å². The Bertz CT molecular complexity index is 556. The van der Waals surface area contributed by atoms with Gasteiger partial charge in [-0.2, -0.15) is 0 Å². The van der Waals surface area contributed by atoms with Crippen molar-refractivity contribution in [1.82, 2.24) is 0 Å². The summed E-state index contributed by atoms with van der Waals surface area (Å²) in [5.41, 5.74) is 0.670. The number of benzene rings is 1. The van der Waals surface area contributed by atoms with Gasteiger partial charge in [-0.25, -0.2) is 0 Å². The third-order valence-corrected chi connectivity index (χ3v) is 4.18. The predicted octanol–water partition coefficient (Wildman–Crippen LogP) is 3.37. The van der Waals surface area contributed by atoms with Gasteiger partial charge in [-0.3, -0.25) is 10.1 Å². The van der Waals surface area contributed by atoms with Gasteiger partial charge in [0.15, 0.2) is 0 Å². The molecule has 0 heterocycles. The summed E-state index contributed by atoms with van der Waals surface area (Å²) in [6.07, 6.45) is 6.67. The van der Waals surface area contributed by atoms with E-state index in [1.54, 1.807) is 12.1 Å². The molecule has 0 spiro atoms. The van der Waals surface area contributed by atoms with Gasteiger partial charge in [-0.1, -0.05) is 12.2 Å². The molecule has 1 saturated carbocycles. The number of hydrogen-bond acceptors (Lipinski definition) is 4. The summed E-state index contributed by atoms with van der Waals surface area (Å²) in [7, 11) is 0. The van der Waals surface area contributed by atoms with Gasteiger partial charge in [0, 0.05) is 12.0 Å². The van der Waals surface area contributed by atoms with Gasteiger partial charge in [-0.15, -0.1) is 0 Å². The number of hydrogen-bond donors (Lipinski definition) is 1. The summed E-state index contributed by atoms with van der Waals surface area (Å²) in [5.74, 6) is 1.80. The van der Waals surface area contributed by atoms with E-state index in [0.717, 1.165) is 18.8 Å². The van der Waals surface area contributed by atoms with Crippen LogP contribution in [0.5, 0.6) is 5.75 Å². The molecular formula is C15H18N2O3. The average molecular weight is 274 g/mol. The number of fused-ring (bicyclic) bond motifs is 1. The Morgan fingerprint density at radius 2 is 2.35 bits per heavy atom. The SMILES string of the molecule is CCOc1ccc(NC2CC3CC=CC32)c([N+](=O)[O-])c1. The Morgan fingerprint density at radius 3 is 3.05 bits per heavy atom. The lowest BCUT2D eigenvalue weighted by Gasteiger charge is -2.41. The van der Waals surface area contributed by atoms with Crippen LogP contribution < -0.4 is 10.1 Å². The van der Waals surface area contributed by atoms with Crippen LogP contribution in [0, 0.1) is 22.0 Å². The minimum atomic E-state index is -0.356. The standard InChI is InChI=1S/C15H18N2O3/c1-2-20-11-6-7-13(15(9-11)17(18)19)16-14-8-10-4-3-5-12(10)14/h3,5-7,9-10,12,14,16H,2,4,8H2,1H3. The van der Waals surface area contributed by atoms with Crippen molar-refractivity contribution in [3.8, 4) is 5.75 Å². The number of nitrogens with one attached hydrogen (secondary N) is 1. The van der Waals surface area contributed by atoms with Gasteiger partial charge in [0.25, 0.3) is 5.69 Å². The lowest BCUT2D eigenvalue weighted by Crippen LogP contribution is -2.43. The lowest BCUT2D eigenvalue weighted by molar-refractivity contribution is -0.384. The third kappa shape index (κ3) is 2.24. The van der Waals surface area contributed by atoms with Crippen molar-refractivity contribution >= 4 is 11.4 Å². The normalized spacial score (nSPS) is 26.8. The van der Waals surface area contributed by atoms with Gasteiger partial charge in [0.1, 0.15) is 11.4 Å². The lowest BCUT2D eigenvalue weighted by atomic mass is 9.71. The molecule has 1 aromatic carbocycles. The first-order valence-electron chi connectivity index (χ1n) is 7.03. The van der Waals surface area contributed by atoms with Crippen molar-refractivity contribution in [3.05, 3.63) is 40.5 Å². The molecule has 0 aromatic heterocycles. The third-order valence-electron chi connectivity index (χ3n) is 4.18. The molecule has 1 fully saturated rings. The molecule has 20 heavy (non-hydrogen) atoms. The maximum absolute atomic E-state index is 11.2. The van der Waals surface area contributed by atoms with E-state index in [-0.39, 0.29) is 10.6 Å². The second kappa shape index (κ2) is 5.15. The highest BCUT2D eigenvalue weighted by Gasteiger charge is 2.41. The number of nitrogens with zero attached hydrogens (tertiary/aromatic N) is 1. The van der Waals surface area contributed by atoms with Crippen LogP contribution in [0.4, 0.5) is 11.4 Å². The molecule has 1 aromatic rings. The fourth-order valence-corrected chi connectivity index (χ4v) is 3.12. The Balaban J connectivity index is 1.78. The van der Waals surface area contributed by atoms with Gasteiger partial charge < -0.3 is 10.1 Å². The summed E-state index contributed by atoms with van der Waals surface area (Å²) in [4.78, 5) is 10.8. The number of allylic oxidation sites excluding steroid dienone is 1. The van der Waals surface area contributed by atoms with E-state index in [4.69, 9.17) is 4.74 Å². The number of nitro groups is 1. The van der Waals surface area contributed by atoms with E-state index in [0.29, 0.717) is 30.0 Å². The van der Waals surface area contributed by atoms with Crippen molar-refractivity contribution in [1.29, 1.82) is 0 Å². The zero-order valence-electron chi connectivity index (χ0n) is 11.4. The minimum Gasteiger partial charge on any atom is -0.494 e. The van der Waals surface area contributed by atoms with Gasteiger partial charge >= 0.3 is 0 Å². The number of ether oxygens (including phenoxy) is 1. The van der Waals surface area contributed by atoms with E-state index in [1.807, 2.05) is 6.92 Å². The van der Waals surface area contributed by atoms with Crippen LogP contribution in [-0.4, -0.2) is 17.6 Å². The van der Waals surface area contributed by atoms with Crippen LogP contribution in [0.2, 0.25) is 0 Å². The van der Waals surface area contributed by atoms with Crippen LogP contribution in [0.15, 0.2) is 30.4 Å². The molecule has 2 aliphatic carbocycles. The molecule has 0 bridgehead atoms. The Labute approximate surface area is 117 Å². The highest BCUT2D eigenvalue weighted by Crippen LogP contribution is 2.45. The second-order valence-corrected chi connectivity index (χ2v) is 5.36. The van der Waals surface area contributed by atoms with E-state index in [1.165, 1.54) is 6.07 Å². The van der Waals surface area contributed by atoms with Crippen molar-refractivity contribution in [2.24, 2.45) is 11.8 Å². The molecule has 3 unspecified atom stereocenters. The van der Waals surface area contributed by atoms with Crippen molar-refractivity contribution in [3.63, 3.8) is 0 Å². The van der Waals surface area contributed by atoms with Crippen LogP contribution in [0.25, 0.3) is 0 Å². The molecule has 5 heteroatoms. The van der Waals surface area contributed by atoms with E-state index in [9.17, 15) is 10.1 Å². The average Bonchev–Trinajstić information content (AvgIpc) is 2.78. The van der Waals surface area contributed by atoms with Crippen LogP contribution in [0.3, 0.4) is 0 Å². The predicted molar refractivity (Wildman–Crippen MR) is 77.0 cm³/mol. The monoisotopic (exact) mass is 274 g/mol. The van der Waals surface area contributed by atoms with Crippen LogP contribution >= 0.6 is 0 Å². The minimum absolute atomic E-state index is 0.0846. The Hall–Kier alpha value is -2.04. The number of nitro benzene ring substituents is 1. The Morgan fingerprint density at radius 1 is 1.50 bits per heavy atom. The molecule has 106 valence electrons. The van der Waals surface area contributed by atoms with Crippen molar-refractivity contribution < 1.29 is 9.66 Å². The van der Waals surface area contributed by atoms with Crippen LogP contribution in [0.1, 0.15) is 19.8 Å². The number of anilines is 1. The summed E-state index contributed by atoms with van der Waals surface area (Å²) < 4.78 is 5.32. The topological polar surface area (TPSA) is 64.4 Å². The molecule has 0 saturated heterocycles. The highest BCUT2D eigenvalue weighted by molar-refractivity contribution is 5.64. The molecular weight excluding hydrogens is 256 g/mol. The number of rotatable bonds is 5. The largest absolute Gasteiger partial charge is 0.494 e. The summed E-state index contributed by atoms with van der Waals surface area (Å²) in [6, 6.07) is 5.33. The van der Waals surface area contributed by atoms with E-state index >= 15 is 0 Å². The summed E-state index contributed by atoms with van der Waals surface area (Å²) in [6.45, 7) is 2.36. The summed E-state index contributed by atoms with van der Waals surface area (Å²) >= 11 is 0. The molecule has 2 aliphatic rings. The van der Waals surface area contributed by atoms with Gasteiger partial charge in [-0.05, 0) is 37.8 Å². The van der Waals surface area contributed by atoms with Crippen molar-refractivity contribution in [2.75, 3.05) is 11.9 Å². The maximum Gasteiger partial charge on any atom is 0.296 e. The van der Waals surface area contributed by atoms with Crippen LogP contribution in [-0.2, 0) is 0 Å². The first-order valence-corrected chi connectivity index (χ1v) is 7.03. The fourth-order valence-electron chi connectivity index (χ4n) is 3.12. The molecule has 5 nitrogen and oxygen atoms in total. The Kier molecular flexibility index (Phi) is 3.34. The highest BCUT2D eigenvalue weighted by atomic mass is 16.6. The molecule has 1 N–H and O–H groups in total. The maximum atomic E-state index is 11.2. The quantitative estimate of drug-likeness (QED) is 0.508. The van der Waals surface area contributed by atoms with Crippen molar-refractivity contribution in [2.45, 2.75) is 25.8 Å². The second-order valence-electron chi connectivity index (χ2n) is 5.36. The molecule has 3 rings (SSSR count).